The lowest BCUT2D eigenvalue weighted by Crippen LogP contribution is -2.31. The average molecular weight is 266 g/mol. The summed E-state index contributed by atoms with van der Waals surface area (Å²) >= 11 is 0. The Morgan fingerprint density at radius 3 is 2.63 bits per heavy atom. The Hall–Kier alpha value is -1.62. The summed E-state index contributed by atoms with van der Waals surface area (Å²) in [6.07, 6.45) is 0.811. The van der Waals surface area contributed by atoms with Gasteiger partial charge in [0, 0.05) is 31.0 Å². The fraction of sp³-hybridized carbons (Fsp3) is 0.571. The first-order valence-electron chi connectivity index (χ1n) is 6.32. The van der Waals surface area contributed by atoms with Crippen LogP contribution in [0.1, 0.15) is 32.8 Å². The van der Waals surface area contributed by atoms with E-state index in [9.17, 15) is 10.1 Å². The minimum Gasteiger partial charge on any atom is -0.382 e. The normalized spacial score (nSPS) is 13.1. The summed E-state index contributed by atoms with van der Waals surface area (Å²) in [5, 5.41) is 14.1. The summed E-state index contributed by atoms with van der Waals surface area (Å²) in [6.45, 7) is 8.01. The van der Waals surface area contributed by atoms with Crippen LogP contribution in [-0.2, 0) is 4.74 Å². The number of ether oxygens (including phenoxy) is 1. The van der Waals surface area contributed by atoms with Gasteiger partial charge in [-0.15, -0.1) is 0 Å². The summed E-state index contributed by atoms with van der Waals surface area (Å²) < 4.78 is 5.39. The van der Waals surface area contributed by atoms with Crippen LogP contribution in [0.2, 0.25) is 0 Å². The van der Waals surface area contributed by atoms with Gasteiger partial charge in [0.05, 0.1) is 10.5 Å². The standard InChI is InChI=1S/C14H22N2O3/c1-10-6-7-12(16(17)18)8-13(10)15-11(2)9-14(3,4)19-5/h6-8,11,15H,9H2,1-5H3. The molecule has 1 N–H and O–H groups in total. The van der Waals surface area contributed by atoms with Crippen molar-refractivity contribution in [2.24, 2.45) is 0 Å². The van der Waals surface area contributed by atoms with Crippen LogP contribution in [0.4, 0.5) is 11.4 Å². The van der Waals surface area contributed by atoms with Crippen molar-refractivity contribution in [1.29, 1.82) is 0 Å². The third-order valence-electron chi connectivity index (χ3n) is 3.18. The van der Waals surface area contributed by atoms with Crippen LogP contribution < -0.4 is 5.32 Å². The lowest BCUT2D eigenvalue weighted by molar-refractivity contribution is -0.384. The first-order chi connectivity index (χ1) is 8.75. The van der Waals surface area contributed by atoms with Crippen LogP contribution in [0.25, 0.3) is 0 Å². The second kappa shape index (κ2) is 6.02. The monoisotopic (exact) mass is 266 g/mol. The number of nitro benzene ring substituents is 1. The van der Waals surface area contributed by atoms with E-state index in [1.54, 1.807) is 19.2 Å². The van der Waals surface area contributed by atoms with E-state index in [1.165, 1.54) is 6.07 Å². The highest BCUT2D eigenvalue weighted by Gasteiger charge is 2.20. The fourth-order valence-corrected chi connectivity index (χ4v) is 2.02. The van der Waals surface area contributed by atoms with Crippen LogP contribution in [0.3, 0.4) is 0 Å². The second-order valence-corrected chi connectivity index (χ2v) is 5.47. The Morgan fingerprint density at radius 2 is 2.11 bits per heavy atom. The second-order valence-electron chi connectivity index (χ2n) is 5.47. The topological polar surface area (TPSA) is 64.4 Å². The molecular formula is C14H22N2O3. The number of benzene rings is 1. The van der Waals surface area contributed by atoms with Crippen molar-refractivity contribution >= 4 is 11.4 Å². The quantitative estimate of drug-likeness (QED) is 0.632. The molecule has 0 saturated carbocycles. The third kappa shape index (κ3) is 4.52. The van der Waals surface area contributed by atoms with E-state index >= 15 is 0 Å². The zero-order chi connectivity index (χ0) is 14.6. The van der Waals surface area contributed by atoms with Crippen LogP contribution >= 0.6 is 0 Å². The van der Waals surface area contributed by atoms with Crippen molar-refractivity contribution in [2.75, 3.05) is 12.4 Å². The molecule has 0 saturated heterocycles. The summed E-state index contributed by atoms with van der Waals surface area (Å²) in [7, 11) is 1.69. The van der Waals surface area contributed by atoms with E-state index in [-0.39, 0.29) is 22.3 Å². The number of hydrogen-bond acceptors (Lipinski definition) is 4. The molecule has 0 aliphatic carbocycles. The Morgan fingerprint density at radius 1 is 1.47 bits per heavy atom. The van der Waals surface area contributed by atoms with Crippen LogP contribution in [0, 0.1) is 17.0 Å². The van der Waals surface area contributed by atoms with Crippen molar-refractivity contribution in [3.05, 3.63) is 33.9 Å². The van der Waals surface area contributed by atoms with Crippen molar-refractivity contribution < 1.29 is 9.66 Å². The molecule has 1 rings (SSSR count). The van der Waals surface area contributed by atoms with Gasteiger partial charge in [0.25, 0.3) is 5.69 Å². The highest BCUT2D eigenvalue weighted by Crippen LogP contribution is 2.24. The molecule has 19 heavy (non-hydrogen) atoms. The van der Waals surface area contributed by atoms with Crippen molar-refractivity contribution in [3.63, 3.8) is 0 Å². The average Bonchev–Trinajstić information content (AvgIpc) is 2.31. The van der Waals surface area contributed by atoms with Gasteiger partial charge in [0.1, 0.15) is 0 Å². The van der Waals surface area contributed by atoms with E-state index in [2.05, 4.69) is 5.32 Å². The molecule has 1 aromatic rings. The smallest absolute Gasteiger partial charge is 0.271 e. The molecular weight excluding hydrogens is 244 g/mol. The molecule has 1 atom stereocenters. The van der Waals surface area contributed by atoms with Gasteiger partial charge in [0.2, 0.25) is 0 Å². The Labute approximate surface area is 114 Å². The van der Waals surface area contributed by atoms with Crippen LogP contribution in [0.15, 0.2) is 18.2 Å². The number of rotatable bonds is 6. The maximum atomic E-state index is 10.8. The molecule has 5 heteroatoms. The summed E-state index contributed by atoms with van der Waals surface area (Å²) in [5.41, 5.74) is 1.67. The summed E-state index contributed by atoms with van der Waals surface area (Å²) in [6, 6.07) is 5.01. The van der Waals surface area contributed by atoms with E-state index in [4.69, 9.17) is 4.74 Å². The van der Waals surface area contributed by atoms with Gasteiger partial charge in [0.15, 0.2) is 0 Å². The molecule has 1 unspecified atom stereocenters. The SMILES string of the molecule is COC(C)(C)CC(C)Nc1cc([N+](=O)[O-])ccc1C. The zero-order valence-electron chi connectivity index (χ0n) is 12.2. The van der Waals surface area contributed by atoms with Crippen molar-refractivity contribution in [2.45, 2.75) is 45.8 Å². The van der Waals surface area contributed by atoms with E-state index in [0.717, 1.165) is 17.7 Å². The molecule has 0 fully saturated rings. The van der Waals surface area contributed by atoms with Gasteiger partial charge < -0.3 is 10.1 Å². The number of methoxy groups -OCH3 is 1. The molecule has 0 spiro atoms. The van der Waals surface area contributed by atoms with Crippen molar-refractivity contribution in [1.82, 2.24) is 0 Å². The molecule has 5 nitrogen and oxygen atoms in total. The molecule has 0 bridgehead atoms. The highest BCUT2D eigenvalue weighted by molar-refractivity contribution is 5.57. The lowest BCUT2D eigenvalue weighted by atomic mass is 9.99. The number of aryl methyl sites for hydroxylation is 1. The molecule has 0 radical (unpaired) electrons. The molecule has 0 aliphatic heterocycles. The zero-order valence-corrected chi connectivity index (χ0v) is 12.2. The first kappa shape index (κ1) is 15.4. The van der Waals surface area contributed by atoms with Gasteiger partial charge in [-0.05, 0) is 39.7 Å². The molecule has 106 valence electrons. The molecule has 1 aromatic carbocycles. The van der Waals surface area contributed by atoms with E-state index in [0.29, 0.717) is 0 Å². The first-order valence-corrected chi connectivity index (χ1v) is 6.32. The molecule has 0 heterocycles. The summed E-state index contributed by atoms with van der Waals surface area (Å²) in [4.78, 5) is 10.4. The lowest BCUT2D eigenvalue weighted by Gasteiger charge is -2.28. The number of nitro groups is 1. The molecule has 0 amide bonds. The van der Waals surface area contributed by atoms with Gasteiger partial charge in [-0.1, -0.05) is 6.07 Å². The Balaban J connectivity index is 2.81. The number of nitrogens with one attached hydrogen (secondary N) is 1. The van der Waals surface area contributed by atoms with Crippen molar-refractivity contribution in [3.8, 4) is 0 Å². The van der Waals surface area contributed by atoms with Gasteiger partial charge in [-0.2, -0.15) is 0 Å². The minimum absolute atomic E-state index is 0.103. The predicted octanol–water partition coefficient (Wildman–Crippen LogP) is 3.52. The molecule has 0 aliphatic rings. The maximum absolute atomic E-state index is 10.8. The number of anilines is 1. The van der Waals surface area contributed by atoms with Gasteiger partial charge in [-0.3, -0.25) is 10.1 Å². The number of hydrogen-bond donors (Lipinski definition) is 1. The van der Waals surface area contributed by atoms with Crippen LogP contribution in [-0.4, -0.2) is 23.7 Å². The number of non-ortho nitro benzene ring substituents is 1. The summed E-state index contributed by atoms with van der Waals surface area (Å²) in [5.74, 6) is 0. The largest absolute Gasteiger partial charge is 0.382 e. The highest BCUT2D eigenvalue weighted by atomic mass is 16.6. The fourth-order valence-electron chi connectivity index (χ4n) is 2.02. The number of nitrogens with zero attached hydrogens (tertiary/aromatic N) is 1. The van der Waals surface area contributed by atoms with Gasteiger partial charge >= 0.3 is 0 Å². The Bertz CT molecular complexity index is 458. The minimum atomic E-state index is -0.381. The van der Waals surface area contributed by atoms with Gasteiger partial charge in [-0.25, -0.2) is 0 Å². The van der Waals surface area contributed by atoms with Crippen LogP contribution in [0.5, 0.6) is 0 Å². The Kier molecular flexibility index (Phi) is 4.89. The van der Waals surface area contributed by atoms with E-state index in [1.807, 2.05) is 27.7 Å². The third-order valence-corrected chi connectivity index (χ3v) is 3.18. The molecule has 0 aromatic heterocycles. The predicted molar refractivity (Wildman–Crippen MR) is 76.6 cm³/mol. The van der Waals surface area contributed by atoms with E-state index < -0.39 is 0 Å². The maximum Gasteiger partial charge on any atom is 0.271 e.